The maximum atomic E-state index is 11.8. The number of hydrogen-bond acceptors (Lipinski definition) is 5. The van der Waals surface area contributed by atoms with E-state index in [0.29, 0.717) is 6.54 Å². The predicted octanol–water partition coefficient (Wildman–Crippen LogP) is 2.44. The lowest BCUT2D eigenvalue weighted by Crippen LogP contribution is -2.46. The second-order valence-electron chi connectivity index (χ2n) is 5.44. The zero-order valence-electron chi connectivity index (χ0n) is 12.0. The maximum Gasteiger partial charge on any atom is 0.323 e. The molecule has 0 fully saturated rings. The first-order chi connectivity index (χ1) is 8.25. The fourth-order valence-electron chi connectivity index (χ4n) is 1.79. The summed E-state index contributed by atoms with van der Waals surface area (Å²) >= 11 is 1.66. The van der Waals surface area contributed by atoms with E-state index in [2.05, 4.69) is 10.3 Å². The van der Waals surface area contributed by atoms with Crippen molar-refractivity contribution in [2.24, 2.45) is 5.41 Å². The molecule has 18 heavy (non-hydrogen) atoms. The smallest absolute Gasteiger partial charge is 0.323 e. The monoisotopic (exact) mass is 270 g/mol. The van der Waals surface area contributed by atoms with E-state index in [1.54, 1.807) is 11.3 Å². The number of nitrogens with one attached hydrogen (secondary N) is 1. The molecule has 4 nitrogen and oxygen atoms in total. The molecule has 0 aliphatic heterocycles. The summed E-state index contributed by atoms with van der Waals surface area (Å²) in [4.78, 5) is 17.3. The van der Waals surface area contributed by atoms with Crippen LogP contribution in [0.5, 0.6) is 0 Å². The highest BCUT2D eigenvalue weighted by Gasteiger charge is 2.31. The van der Waals surface area contributed by atoms with Crippen molar-refractivity contribution in [2.75, 3.05) is 7.11 Å². The number of aromatic nitrogens is 1. The van der Waals surface area contributed by atoms with Crippen LogP contribution in [0.15, 0.2) is 0 Å². The SMILES string of the molecule is COC(=O)C(NCc1sc(C)nc1C)C(C)(C)C. The van der Waals surface area contributed by atoms with Crippen LogP contribution in [0, 0.1) is 19.3 Å². The zero-order valence-corrected chi connectivity index (χ0v) is 12.8. The van der Waals surface area contributed by atoms with Crippen molar-refractivity contribution in [2.45, 2.75) is 47.2 Å². The summed E-state index contributed by atoms with van der Waals surface area (Å²) < 4.78 is 4.85. The van der Waals surface area contributed by atoms with E-state index in [-0.39, 0.29) is 17.4 Å². The molecule has 1 atom stereocenters. The van der Waals surface area contributed by atoms with Gasteiger partial charge in [-0.2, -0.15) is 0 Å². The number of carbonyl (C=O) groups is 1. The minimum atomic E-state index is -0.315. The number of hydrogen-bond donors (Lipinski definition) is 1. The Labute approximate surface area is 113 Å². The maximum absolute atomic E-state index is 11.8. The van der Waals surface area contributed by atoms with Crippen molar-refractivity contribution >= 4 is 17.3 Å². The molecule has 5 heteroatoms. The summed E-state index contributed by atoms with van der Waals surface area (Å²) in [6.45, 7) is 10.7. The second kappa shape index (κ2) is 5.80. The van der Waals surface area contributed by atoms with Crippen LogP contribution in [-0.4, -0.2) is 24.1 Å². The lowest BCUT2D eigenvalue weighted by molar-refractivity contribution is -0.146. The second-order valence-corrected chi connectivity index (χ2v) is 6.73. The van der Waals surface area contributed by atoms with Crippen LogP contribution in [0.3, 0.4) is 0 Å². The molecule has 1 N–H and O–H groups in total. The summed E-state index contributed by atoms with van der Waals surface area (Å²) in [6.07, 6.45) is 0. The van der Waals surface area contributed by atoms with Crippen LogP contribution >= 0.6 is 11.3 Å². The molecule has 1 rings (SSSR count). The third-order valence-corrected chi connectivity index (χ3v) is 3.84. The van der Waals surface area contributed by atoms with Gasteiger partial charge < -0.3 is 4.74 Å². The molecule has 0 bridgehead atoms. The lowest BCUT2D eigenvalue weighted by Gasteiger charge is -2.29. The molecule has 0 saturated carbocycles. The Morgan fingerprint density at radius 3 is 2.44 bits per heavy atom. The van der Waals surface area contributed by atoms with E-state index in [4.69, 9.17) is 4.74 Å². The van der Waals surface area contributed by atoms with Gasteiger partial charge in [-0.15, -0.1) is 11.3 Å². The fourth-order valence-corrected chi connectivity index (χ4v) is 2.68. The Balaban J connectivity index is 2.74. The van der Waals surface area contributed by atoms with Crippen molar-refractivity contribution in [1.29, 1.82) is 0 Å². The lowest BCUT2D eigenvalue weighted by atomic mass is 9.86. The molecular weight excluding hydrogens is 248 g/mol. The van der Waals surface area contributed by atoms with Crippen molar-refractivity contribution in [3.8, 4) is 0 Å². The molecule has 0 aliphatic rings. The van der Waals surface area contributed by atoms with Gasteiger partial charge in [0.15, 0.2) is 0 Å². The highest BCUT2D eigenvalue weighted by atomic mass is 32.1. The summed E-state index contributed by atoms with van der Waals surface area (Å²) in [6, 6.07) is -0.315. The number of methoxy groups -OCH3 is 1. The quantitative estimate of drug-likeness (QED) is 0.854. The Morgan fingerprint density at radius 2 is 2.06 bits per heavy atom. The van der Waals surface area contributed by atoms with Crippen molar-refractivity contribution in [1.82, 2.24) is 10.3 Å². The normalized spacial score (nSPS) is 13.4. The number of ether oxygens (including phenoxy) is 1. The van der Waals surface area contributed by atoms with Crippen LogP contribution in [0.25, 0.3) is 0 Å². The summed E-state index contributed by atoms with van der Waals surface area (Å²) in [5.74, 6) is -0.221. The van der Waals surface area contributed by atoms with Gasteiger partial charge in [0.1, 0.15) is 6.04 Å². The van der Waals surface area contributed by atoms with Crippen molar-refractivity contribution < 1.29 is 9.53 Å². The van der Waals surface area contributed by atoms with Gasteiger partial charge in [-0.1, -0.05) is 20.8 Å². The van der Waals surface area contributed by atoms with E-state index in [9.17, 15) is 4.79 Å². The molecule has 0 aliphatic carbocycles. The van der Waals surface area contributed by atoms with Crippen LogP contribution < -0.4 is 5.32 Å². The molecule has 1 unspecified atom stereocenters. The zero-order chi connectivity index (χ0) is 13.9. The van der Waals surface area contributed by atoms with Crippen LogP contribution in [0.1, 0.15) is 36.3 Å². The molecule has 0 saturated heterocycles. The highest BCUT2D eigenvalue weighted by Crippen LogP contribution is 2.22. The molecule has 102 valence electrons. The average Bonchev–Trinajstić information content (AvgIpc) is 2.55. The summed E-state index contributed by atoms with van der Waals surface area (Å²) in [5.41, 5.74) is 0.850. The first-order valence-electron chi connectivity index (χ1n) is 6.00. The molecule has 0 aromatic carbocycles. The average molecular weight is 270 g/mol. The van der Waals surface area contributed by atoms with Crippen LogP contribution in [-0.2, 0) is 16.1 Å². The van der Waals surface area contributed by atoms with Gasteiger partial charge >= 0.3 is 5.97 Å². The molecule has 0 spiro atoms. The molecular formula is C13H22N2O2S. The summed E-state index contributed by atoms with van der Waals surface area (Å²) in [5, 5.41) is 4.33. The number of carbonyl (C=O) groups excluding carboxylic acids is 1. The molecule has 1 aromatic rings. The molecule has 1 aromatic heterocycles. The largest absolute Gasteiger partial charge is 0.468 e. The van der Waals surface area contributed by atoms with Gasteiger partial charge in [-0.25, -0.2) is 4.98 Å². The molecule has 0 amide bonds. The topological polar surface area (TPSA) is 51.2 Å². The Hall–Kier alpha value is -0.940. The number of rotatable bonds is 4. The number of esters is 1. The van der Waals surface area contributed by atoms with Gasteiger partial charge in [0.05, 0.1) is 17.8 Å². The van der Waals surface area contributed by atoms with Gasteiger partial charge in [-0.05, 0) is 19.3 Å². The van der Waals surface area contributed by atoms with E-state index in [1.165, 1.54) is 12.0 Å². The third-order valence-electron chi connectivity index (χ3n) is 2.77. The first-order valence-corrected chi connectivity index (χ1v) is 6.81. The number of aryl methyl sites for hydroxylation is 2. The van der Waals surface area contributed by atoms with Gasteiger partial charge in [0, 0.05) is 11.4 Å². The highest BCUT2D eigenvalue weighted by molar-refractivity contribution is 7.11. The van der Waals surface area contributed by atoms with E-state index >= 15 is 0 Å². The Kier molecular flexibility index (Phi) is 4.87. The van der Waals surface area contributed by atoms with Gasteiger partial charge in [0.25, 0.3) is 0 Å². The Morgan fingerprint density at radius 1 is 1.44 bits per heavy atom. The number of thiazole rings is 1. The van der Waals surface area contributed by atoms with Gasteiger partial charge in [-0.3, -0.25) is 10.1 Å². The standard InChI is InChI=1S/C13H22N2O2S/c1-8-10(18-9(2)15-8)7-14-11(12(16)17-6)13(3,4)5/h11,14H,7H2,1-6H3. The van der Waals surface area contributed by atoms with E-state index in [0.717, 1.165) is 10.7 Å². The minimum Gasteiger partial charge on any atom is -0.468 e. The first kappa shape index (κ1) is 15.1. The van der Waals surface area contributed by atoms with Crippen LogP contribution in [0.4, 0.5) is 0 Å². The predicted molar refractivity (Wildman–Crippen MR) is 73.7 cm³/mol. The van der Waals surface area contributed by atoms with Gasteiger partial charge in [0.2, 0.25) is 0 Å². The third kappa shape index (κ3) is 3.78. The molecule has 0 radical (unpaired) electrons. The summed E-state index contributed by atoms with van der Waals surface area (Å²) in [7, 11) is 1.42. The van der Waals surface area contributed by atoms with Crippen molar-refractivity contribution in [3.05, 3.63) is 15.6 Å². The van der Waals surface area contributed by atoms with Crippen LogP contribution in [0.2, 0.25) is 0 Å². The van der Waals surface area contributed by atoms with E-state index in [1.807, 2.05) is 34.6 Å². The Bertz CT molecular complexity index is 421. The van der Waals surface area contributed by atoms with Crippen molar-refractivity contribution in [3.63, 3.8) is 0 Å². The number of nitrogens with zero attached hydrogens (tertiary/aromatic N) is 1. The fraction of sp³-hybridized carbons (Fsp3) is 0.692. The van der Waals surface area contributed by atoms with E-state index < -0.39 is 0 Å². The molecule has 1 heterocycles. The minimum absolute atomic E-state index is 0.180.